The molecule has 0 fully saturated rings. The summed E-state index contributed by atoms with van der Waals surface area (Å²) in [7, 11) is 1.66. The first-order chi connectivity index (χ1) is 9.77. The van der Waals surface area contributed by atoms with Crippen molar-refractivity contribution in [3.05, 3.63) is 23.8 Å². The Kier molecular flexibility index (Phi) is 8.83. The Balaban J connectivity index is 2.09. The second-order valence-electron chi connectivity index (χ2n) is 4.66. The van der Waals surface area contributed by atoms with E-state index in [1.165, 1.54) is 5.56 Å². The largest absolute Gasteiger partial charge is 0.493 e. The number of methoxy groups -OCH3 is 1. The molecule has 0 aliphatic heterocycles. The van der Waals surface area contributed by atoms with Crippen LogP contribution in [0.4, 0.5) is 0 Å². The van der Waals surface area contributed by atoms with Crippen LogP contribution in [0.5, 0.6) is 11.5 Å². The predicted octanol–water partition coefficient (Wildman–Crippen LogP) is 2.79. The minimum absolute atomic E-state index is 0.644. The molecule has 0 aliphatic rings. The zero-order chi connectivity index (χ0) is 14.6. The van der Waals surface area contributed by atoms with Crippen LogP contribution < -0.4 is 14.8 Å². The molecular weight excluding hydrogens is 254 g/mol. The molecule has 1 N–H and O–H groups in total. The smallest absolute Gasteiger partial charge is 0.161 e. The fraction of sp³-hybridized carbons (Fsp3) is 0.625. The zero-order valence-electron chi connectivity index (χ0n) is 12.9. The highest BCUT2D eigenvalue weighted by Gasteiger charge is 2.03. The normalized spacial score (nSPS) is 10.6. The monoisotopic (exact) mass is 281 g/mol. The van der Waals surface area contributed by atoms with Crippen molar-refractivity contribution in [1.29, 1.82) is 0 Å². The van der Waals surface area contributed by atoms with Gasteiger partial charge in [-0.3, -0.25) is 0 Å². The molecule has 0 aliphatic carbocycles. The van der Waals surface area contributed by atoms with E-state index in [2.05, 4.69) is 5.32 Å². The maximum atomic E-state index is 5.72. The van der Waals surface area contributed by atoms with Crippen LogP contribution in [0.25, 0.3) is 0 Å². The Morgan fingerprint density at radius 1 is 1.05 bits per heavy atom. The van der Waals surface area contributed by atoms with Crippen LogP contribution >= 0.6 is 0 Å². The molecule has 4 heteroatoms. The number of hydrogen-bond acceptors (Lipinski definition) is 4. The van der Waals surface area contributed by atoms with Crippen LogP contribution in [-0.4, -0.2) is 40.0 Å². The third-order valence-corrected chi connectivity index (χ3v) is 2.95. The number of benzene rings is 1. The molecule has 0 heterocycles. The number of ether oxygens (including phenoxy) is 3. The Morgan fingerprint density at radius 2 is 1.90 bits per heavy atom. The molecule has 0 aromatic heterocycles. The first kappa shape index (κ1) is 16.8. The lowest BCUT2D eigenvalue weighted by atomic mass is 10.2. The number of hydrogen-bond donors (Lipinski definition) is 1. The highest BCUT2D eigenvalue weighted by Crippen LogP contribution is 2.27. The van der Waals surface area contributed by atoms with Crippen molar-refractivity contribution >= 4 is 0 Å². The average Bonchev–Trinajstić information content (AvgIpc) is 2.46. The van der Waals surface area contributed by atoms with Gasteiger partial charge in [-0.15, -0.1) is 0 Å². The number of nitrogens with one attached hydrogen (secondary N) is 1. The minimum Gasteiger partial charge on any atom is -0.493 e. The van der Waals surface area contributed by atoms with Gasteiger partial charge in [0.05, 0.1) is 7.11 Å². The van der Waals surface area contributed by atoms with Crippen molar-refractivity contribution in [2.45, 2.75) is 26.7 Å². The van der Waals surface area contributed by atoms with Crippen LogP contribution in [0.15, 0.2) is 18.2 Å². The molecule has 0 spiro atoms. The topological polar surface area (TPSA) is 39.7 Å². The van der Waals surface area contributed by atoms with Crippen LogP contribution in [-0.2, 0) is 4.74 Å². The standard InChI is InChI=1S/C16H27NO3/c1-4-19-11-6-5-9-17-10-12-20-15-8-7-14(2)13-16(15)18-3/h7-8,13,17H,4-6,9-12H2,1-3H3. The van der Waals surface area contributed by atoms with Gasteiger partial charge in [-0.05, 0) is 50.9 Å². The molecule has 0 bridgehead atoms. The third kappa shape index (κ3) is 6.78. The van der Waals surface area contributed by atoms with Crippen LogP contribution in [0.2, 0.25) is 0 Å². The third-order valence-electron chi connectivity index (χ3n) is 2.95. The SMILES string of the molecule is CCOCCCCNCCOc1ccc(C)cc1OC. The highest BCUT2D eigenvalue weighted by atomic mass is 16.5. The van der Waals surface area contributed by atoms with Gasteiger partial charge in [0, 0.05) is 19.8 Å². The molecule has 0 saturated carbocycles. The summed E-state index contributed by atoms with van der Waals surface area (Å²) in [5, 5.41) is 3.36. The van der Waals surface area contributed by atoms with Crippen molar-refractivity contribution < 1.29 is 14.2 Å². The van der Waals surface area contributed by atoms with Gasteiger partial charge in [-0.1, -0.05) is 6.07 Å². The lowest BCUT2D eigenvalue weighted by Crippen LogP contribution is -2.22. The molecular formula is C16H27NO3. The van der Waals surface area contributed by atoms with E-state index in [0.29, 0.717) is 6.61 Å². The molecule has 0 atom stereocenters. The van der Waals surface area contributed by atoms with Gasteiger partial charge >= 0.3 is 0 Å². The lowest BCUT2D eigenvalue weighted by molar-refractivity contribution is 0.143. The number of unbranched alkanes of at least 4 members (excludes halogenated alkanes) is 1. The van der Waals surface area contributed by atoms with Gasteiger partial charge < -0.3 is 19.5 Å². The highest BCUT2D eigenvalue weighted by molar-refractivity contribution is 5.42. The fourth-order valence-electron chi connectivity index (χ4n) is 1.85. The summed E-state index contributed by atoms with van der Waals surface area (Å²) < 4.78 is 16.3. The van der Waals surface area contributed by atoms with Gasteiger partial charge in [0.25, 0.3) is 0 Å². The Hall–Kier alpha value is -1.26. The number of aryl methyl sites for hydroxylation is 1. The molecule has 0 radical (unpaired) electrons. The summed E-state index contributed by atoms with van der Waals surface area (Å²) in [5.41, 5.74) is 1.17. The summed E-state index contributed by atoms with van der Waals surface area (Å²) >= 11 is 0. The molecule has 4 nitrogen and oxygen atoms in total. The maximum Gasteiger partial charge on any atom is 0.161 e. The second-order valence-corrected chi connectivity index (χ2v) is 4.66. The lowest BCUT2D eigenvalue weighted by Gasteiger charge is -2.11. The van der Waals surface area contributed by atoms with E-state index in [1.807, 2.05) is 32.0 Å². The first-order valence-corrected chi connectivity index (χ1v) is 7.33. The van der Waals surface area contributed by atoms with E-state index >= 15 is 0 Å². The Bertz CT molecular complexity index is 369. The molecule has 0 amide bonds. The summed E-state index contributed by atoms with van der Waals surface area (Å²) in [6, 6.07) is 5.96. The zero-order valence-corrected chi connectivity index (χ0v) is 12.9. The van der Waals surface area contributed by atoms with E-state index in [-0.39, 0.29) is 0 Å². The van der Waals surface area contributed by atoms with E-state index in [1.54, 1.807) is 7.11 Å². The number of rotatable bonds is 11. The van der Waals surface area contributed by atoms with E-state index in [9.17, 15) is 0 Å². The molecule has 0 unspecified atom stereocenters. The Morgan fingerprint density at radius 3 is 2.65 bits per heavy atom. The predicted molar refractivity (Wildman–Crippen MR) is 81.8 cm³/mol. The van der Waals surface area contributed by atoms with Gasteiger partial charge in [0.15, 0.2) is 11.5 Å². The maximum absolute atomic E-state index is 5.72. The summed E-state index contributed by atoms with van der Waals surface area (Å²) in [5.74, 6) is 1.60. The molecule has 0 saturated heterocycles. The van der Waals surface area contributed by atoms with E-state index in [0.717, 1.165) is 50.6 Å². The van der Waals surface area contributed by atoms with Gasteiger partial charge in [-0.2, -0.15) is 0 Å². The van der Waals surface area contributed by atoms with Crippen molar-refractivity contribution in [1.82, 2.24) is 5.32 Å². The molecule has 1 rings (SSSR count). The summed E-state index contributed by atoms with van der Waals surface area (Å²) in [4.78, 5) is 0. The van der Waals surface area contributed by atoms with Crippen LogP contribution in [0.1, 0.15) is 25.3 Å². The van der Waals surface area contributed by atoms with E-state index < -0.39 is 0 Å². The van der Waals surface area contributed by atoms with Gasteiger partial charge in [0.2, 0.25) is 0 Å². The fourth-order valence-corrected chi connectivity index (χ4v) is 1.85. The average molecular weight is 281 g/mol. The summed E-state index contributed by atoms with van der Waals surface area (Å²) in [6.45, 7) is 8.21. The molecule has 1 aromatic rings. The van der Waals surface area contributed by atoms with Gasteiger partial charge in [-0.25, -0.2) is 0 Å². The molecule has 1 aromatic carbocycles. The molecule has 20 heavy (non-hydrogen) atoms. The second kappa shape index (κ2) is 10.5. The van der Waals surface area contributed by atoms with Gasteiger partial charge in [0.1, 0.15) is 6.61 Å². The summed E-state index contributed by atoms with van der Waals surface area (Å²) in [6.07, 6.45) is 2.24. The van der Waals surface area contributed by atoms with E-state index in [4.69, 9.17) is 14.2 Å². The minimum atomic E-state index is 0.644. The quantitative estimate of drug-likeness (QED) is 0.633. The Labute approximate surface area is 122 Å². The van der Waals surface area contributed by atoms with Crippen LogP contribution in [0.3, 0.4) is 0 Å². The van der Waals surface area contributed by atoms with Crippen LogP contribution in [0, 0.1) is 6.92 Å². The molecule has 114 valence electrons. The van der Waals surface area contributed by atoms with Crippen molar-refractivity contribution in [2.75, 3.05) is 40.0 Å². The van der Waals surface area contributed by atoms with Crippen molar-refractivity contribution in [3.63, 3.8) is 0 Å². The first-order valence-electron chi connectivity index (χ1n) is 7.33. The van der Waals surface area contributed by atoms with Crippen molar-refractivity contribution in [3.8, 4) is 11.5 Å². The van der Waals surface area contributed by atoms with Crippen molar-refractivity contribution in [2.24, 2.45) is 0 Å².